The number of alkyl halides is 3. The molecule has 0 bridgehead atoms. The molecule has 0 spiro atoms. The molecule has 0 saturated heterocycles. The summed E-state index contributed by atoms with van der Waals surface area (Å²) in [5.41, 5.74) is 0.735. The first-order chi connectivity index (χ1) is 12.0. The van der Waals surface area contributed by atoms with Gasteiger partial charge >= 0.3 is 6.36 Å². The molecule has 0 aliphatic rings. The first-order valence-electron chi connectivity index (χ1n) is 7.27. The number of nitrogens with one attached hydrogen (secondary N) is 2. The zero-order chi connectivity index (χ0) is 19.4. The van der Waals surface area contributed by atoms with Crippen LogP contribution in [0.15, 0.2) is 53.4 Å². The number of ether oxygens (including phenoxy) is 1. The summed E-state index contributed by atoms with van der Waals surface area (Å²) in [6, 6.07) is 10.5. The van der Waals surface area contributed by atoms with Crippen molar-refractivity contribution in [1.29, 1.82) is 0 Å². The predicted octanol–water partition coefficient (Wildman–Crippen LogP) is 3.02. The fraction of sp³-hybridized carbons (Fsp3) is 0.188. The number of sulfonamides is 1. The van der Waals surface area contributed by atoms with Gasteiger partial charge in [-0.3, -0.25) is 4.79 Å². The Morgan fingerprint density at radius 1 is 1.12 bits per heavy atom. The number of carbonyl (C=O) groups is 1. The van der Waals surface area contributed by atoms with Crippen LogP contribution in [0.5, 0.6) is 5.75 Å². The van der Waals surface area contributed by atoms with Crippen LogP contribution in [-0.2, 0) is 21.4 Å². The average molecular weight is 388 g/mol. The van der Waals surface area contributed by atoms with E-state index in [1.807, 2.05) is 0 Å². The minimum Gasteiger partial charge on any atom is -0.406 e. The summed E-state index contributed by atoms with van der Waals surface area (Å²) < 4.78 is 67.2. The molecule has 0 aliphatic carbocycles. The molecule has 0 heterocycles. The second-order valence-corrected chi connectivity index (χ2v) is 6.99. The smallest absolute Gasteiger partial charge is 0.406 e. The normalized spacial score (nSPS) is 11.8. The molecule has 0 radical (unpaired) electrons. The maximum Gasteiger partial charge on any atom is 0.573 e. The number of hydrogen-bond acceptors (Lipinski definition) is 4. The Kier molecular flexibility index (Phi) is 5.88. The number of anilines is 1. The molecule has 2 aromatic carbocycles. The Hall–Kier alpha value is -2.59. The Morgan fingerprint density at radius 2 is 1.77 bits per heavy atom. The lowest BCUT2D eigenvalue weighted by Gasteiger charge is -2.11. The van der Waals surface area contributed by atoms with E-state index in [-0.39, 0.29) is 17.3 Å². The van der Waals surface area contributed by atoms with Gasteiger partial charge in [0.05, 0.1) is 4.90 Å². The van der Waals surface area contributed by atoms with E-state index in [1.165, 1.54) is 43.3 Å². The van der Waals surface area contributed by atoms with Gasteiger partial charge in [-0.1, -0.05) is 12.1 Å². The average Bonchev–Trinajstić information content (AvgIpc) is 2.52. The number of benzene rings is 2. The fourth-order valence-corrected chi connectivity index (χ4v) is 3.05. The van der Waals surface area contributed by atoms with E-state index in [2.05, 4.69) is 14.8 Å². The van der Waals surface area contributed by atoms with Crippen LogP contribution >= 0.6 is 0 Å². The number of halogens is 3. The topological polar surface area (TPSA) is 84.5 Å². The van der Waals surface area contributed by atoms with E-state index >= 15 is 0 Å². The lowest BCUT2D eigenvalue weighted by molar-refractivity contribution is -0.274. The van der Waals surface area contributed by atoms with Gasteiger partial charge in [0, 0.05) is 19.2 Å². The molecule has 6 nitrogen and oxygen atoms in total. The highest BCUT2D eigenvalue weighted by Crippen LogP contribution is 2.23. The molecule has 140 valence electrons. The zero-order valence-corrected chi connectivity index (χ0v) is 14.3. The first-order valence-corrected chi connectivity index (χ1v) is 8.75. The third-order valence-electron chi connectivity index (χ3n) is 3.08. The molecular weight excluding hydrogens is 373 g/mol. The summed E-state index contributed by atoms with van der Waals surface area (Å²) in [6.07, 6.45) is -4.83. The van der Waals surface area contributed by atoms with Crippen LogP contribution < -0.4 is 14.8 Å². The SMILES string of the molecule is CC(=O)Nc1ccc(S(=O)(=O)NCc2cccc(OC(F)(F)F)c2)cc1. The Labute approximate surface area is 148 Å². The highest BCUT2D eigenvalue weighted by molar-refractivity contribution is 7.89. The second kappa shape index (κ2) is 7.75. The maximum absolute atomic E-state index is 12.2. The molecule has 0 saturated carbocycles. The van der Waals surface area contributed by atoms with Crippen molar-refractivity contribution in [2.45, 2.75) is 24.7 Å². The van der Waals surface area contributed by atoms with Gasteiger partial charge in [-0.25, -0.2) is 13.1 Å². The van der Waals surface area contributed by atoms with Crippen molar-refractivity contribution in [1.82, 2.24) is 4.72 Å². The Balaban J connectivity index is 2.06. The molecule has 0 aromatic heterocycles. The third-order valence-corrected chi connectivity index (χ3v) is 4.50. The Morgan fingerprint density at radius 3 is 2.35 bits per heavy atom. The standard InChI is InChI=1S/C16H15F3N2O4S/c1-11(22)21-13-5-7-15(8-6-13)26(23,24)20-10-12-3-2-4-14(9-12)25-16(17,18)19/h2-9,20H,10H2,1H3,(H,21,22). The molecular formula is C16H15F3N2O4S. The highest BCUT2D eigenvalue weighted by Gasteiger charge is 2.31. The fourth-order valence-electron chi connectivity index (χ4n) is 2.03. The number of amides is 1. The van der Waals surface area contributed by atoms with Gasteiger partial charge in [-0.2, -0.15) is 0 Å². The van der Waals surface area contributed by atoms with Crippen molar-refractivity contribution in [2.24, 2.45) is 0 Å². The summed E-state index contributed by atoms with van der Waals surface area (Å²) >= 11 is 0. The molecule has 2 N–H and O–H groups in total. The quantitative estimate of drug-likeness (QED) is 0.797. The monoisotopic (exact) mass is 388 g/mol. The molecule has 0 unspecified atom stereocenters. The van der Waals surface area contributed by atoms with Crippen molar-refractivity contribution in [3.05, 3.63) is 54.1 Å². The van der Waals surface area contributed by atoms with E-state index in [1.54, 1.807) is 0 Å². The molecule has 0 aliphatic heterocycles. The van der Waals surface area contributed by atoms with Gasteiger partial charge in [-0.05, 0) is 42.0 Å². The highest BCUT2D eigenvalue weighted by atomic mass is 32.2. The number of hydrogen-bond donors (Lipinski definition) is 2. The third kappa shape index (κ3) is 6.05. The van der Waals surface area contributed by atoms with E-state index in [0.29, 0.717) is 11.3 Å². The number of carbonyl (C=O) groups excluding carboxylic acids is 1. The molecule has 1 amide bonds. The first kappa shape index (κ1) is 19.7. The molecule has 0 atom stereocenters. The van der Waals surface area contributed by atoms with Gasteiger partial charge in [0.2, 0.25) is 15.9 Å². The molecule has 2 rings (SSSR count). The minimum absolute atomic E-state index is 0.0469. The van der Waals surface area contributed by atoms with Gasteiger partial charge in [0.15, 0.2) is 0 Å². The van der Waals surface area contributed by atoms with Crippen LogP contribution in [0.25, 0.3) is 0 Å². The lowest BCUT2D eigenvalue weighted by Crippen LogP contribution is -2.23. The van der Waals surface area contributed by atoms with Gasteiger partial charge in [0.25, 0.3) is 0 Å². The van der Waals surface area contributed by atoms with Crippen molar-refractivity contribution < 1.29 is 31.1 Å². The number of rotatable bonds is 6. The van der Waals surface area contributed by atoms with E-state index < -0.39 is 22.1 Å². The van der Waals surface area contributed by atoms with Crippen molar-refractivity contribution >= 4 is 21.6 Å². The second-order valence-electron chi connectivity index (χ2n) is 5.23. The zero-order valence-electron chi connectivity index (χ0n) is 13.5. The minimum atomic E-state index is -4.83. The molecule has 2 aromatic rings. The van der Waals surface area contributed by atoms with Crippen LogP contribution in [0.4, 0.5) is 18.9 Å². The van der Waals surface area contributed by atoms with Gasteiger partial charge in [0.1, 0.15) is 5.75 Å². The summed E-state index contributed by atoms with van der Waals surface area (Å²) in [6.45, 7) is 1.10. The van der Waals surface area contributed by atoms with Crippen LogP contribution in [0, 0.1) is 0 Å². The van der Waals surface area contributed by atoms with Gasteiger partial charge in [-0.15, -0.1) is 13.2 Å². The largest absolute Gasteiger partial charge is 0.573 e. The van der Waals surface area contributed by atoms with E-state index in [4.69, 9.17) is 0 Å². The summed E-state index contributed by atoms with van der Waals surface area (Å²) in [5, 5.41) is 2.51. The van der Waals surface area contributed by atoms with E-state index in [9.17, 15) is 26.4 Å². The molecule has 0 fully saturated rings. The van der Waals surface area contributed by atoms with Gasteiger partial charge < -0.3 is 10.1 Å². The Bertz CT molecular complexity index is 881. The summed E-state index contributed by atoms with van der Waals surface area (Å²) in [5.74, 6) is -0.728. The predicted molar refractivity (Wildman–Crippen MR) is 87.9 cm³/mol. The summed E-state index contributed by atoms with van der Waals surface area (Å²) in [4.78, 5) is 10.9. The van der Waals surface area contributed by atoms with Crippen LogP contribution in [-0.4, -0.2) is 20.7 Å². The van der Waals surface area contributed by atoms with Crippen molar-refractivity contribution in [2.75, 3.05) is 5.32 Å². The van der Waals surface area contributed by atoms with Crippen LogP contribution in [0.2, 0.25) is 0 Å². The summed E-state index contributed by atoms with van der Waals surface area (Å²) in [7, 11) is -3.88. The maximum atomic E-state index is 12.2. The van der Waals surface area contributed by atoms with E-state index in [0.717, 1.165) is 12.1 Å². The van der Waals surface area contributed by atoms with Crippen LogP contribution in [0.3, 0.4) is 0 Å². The molecule has 10 heteroatoms. The molecule has 26 heavy (non-hydrogen) atoms. The van der Waals surface area contributed by atoms with Crippen LogP contribution in [0.1, 0.15) is 12.5 Å². The lowest BCUT2D eigenvalue weighted by atomic mass is 10.2. The van der Waals surface area contributed by atoms with Crippen molar-refractivity contribution in [3.8, 4) is 5.75 Å². The van der Waals surface area contributed by atoms with Crippen molar-refractivity contribution in [3.63, 3.8) is 0 Å².